The summed E-state index contributed by atoms with van der Waals surface area (Å²) in [6.45, 7) is 1.14. The fourth-order valence-corrected chi connectivity index (χ4v) is 2.38. The van der Waals surface area contributed by atoms with Gasteiger partial charge in [-0.05, 0) is 30.7 Å². The lowest BCUT2D eigenvalue weighted by molar-refractivity contribution is -0.117. The van der Waals surface area contributed by atoms with Gasteiger partial charge in [0.05, 0.1) is 10.9 Å². The maximum atomic E-state index is 11.9. The average molecular weight is 246 g/mol. The van der Waals surface area contributed by atoms with Gasteiger partial charge in [-0.1, -0.05) is 0 Å². The van der Waals surface area contributed by atoms with Gasteiger partial charge >= 0.3 is 0 Å². The summed E-state index contributed by atoms with van der Waals surface area (Å²) in [4.78, 5) is 25.1. The van der Waals surface area contributed by atoms with Crippen LogP contribution >= 0.6 is 0 Å². The number of fused-ring (bicyclic) bond motifs is 1. The summed E-state index contributed by atoms with van der Waals surface area (Å²) in [5.74, 6) is 0.273. The van der Waals surface area contributed by atoms with Crippen molar-refractivity contribution in [3.8, 4) is 0 Å². The van der Waals surface area contributed by atoms with Crippen molar-refractivity contribution in [2.24, 2.45) is 11.7 Å². The first-order valence-corrected chi connectivity index (χ1v) is 5.90. The molecule has 4 N–H and O–H groups in total. The highest BCUT2D eigenvalue weighted by molar-refractivity contribution is 5.97. The average Bonchev–Trinajstić information content (AvgIpc) is 2.93. The van der Waals surface area contributed by atoms with E-state index in [4.69, 9.17) is 5.73 Å². The Kier molecular flexibility index (Phi) is 2.45. The number of rotatable bonds is 2. The van der Waals surface area contributed by atoms with Gasteiger partial charge in [-0.25, -0.2) is 0 Å². The summed E-state index contributed by atoms with van der Waals surface area (Å²) in [6.07, 6.45) is 0.484. The highest BCUT2D eigenvalue weighted by Crippen LogP contribution is 2.26. The first-order valence-electron chi connectivity index (χ1n) is 5.90. The molecular formula is C12H14N4O2. The zero-order valence-electron chi connectivity index (χ0n) is 9.77. The lowest BCUT2D eigenvalue weighted by atomic mass is 10.1. The Hall–Kier alpha value is -2.08. The van der Waals surface area contributed by atoms with Crippen LogP contribution in [0.2, 0.25) is 0 Å². The molecular weight excluding hydrogens is 232 g/mol. The molecule has 0 spiro atoms. The molecule has 18 heavy (non-hydrogen) atoms. The van der Waals surface area contributed by atoms with Crippen molar-refractivity contribution in [2.75, 3.05) is 18.0 Å². The fourth-order valence-electron chi connectivity index (χ4n) is 2.38. The van der Waals surface area contributed by atoms with E-state index in [0.29, 0.717) is 24.9 Å². The van der Waals surface area contributed by atoms with Crippen LogP contribution < -0.4 is 16.2 Å². The fraction of sp³-hybridized carbons (Fsp3) is 0.333. The molecule has 0 saturated carbocycles. The predicted molar refractivity (Wildman–Crippen MR) is 68.4 cm³/mol. The topological polar surface area (TPSA) is 95.0 Å². The molecule has 1 atom stereocenters. The normalized spacial score (nSPS) is 19.9. The van der Waals surface area contributed by atoms with Crippen LogP contribution in [0.25, 0.3) is 10.9 Å². The molecule has 1 aliphatic rings. The quantitative estimate of drug-likeness (QED) is 0.704. The van der Waals surface area contributed by atoms with Crippen LogP contribution in [0.5, 0.6) is 0 Å². The number of aromatic nitrogens is 2. The molecule has 6 heteroatoms. The molecule has 0 bridgehead atoms. The zero-order chi connectivity index (χ0) is 12.7. The van der Waals surface area contributed by atoms with E-state index < -0.39 is 0 Å². The van der Waals surface area contributed by atoms with E-state index >= 15 is 0 Å². The van der Waals surface area contributed by atoms with Crippen molar-refractivity contribution in [2.45, 2.75) is 6.42 Å². The third-order valence-electron chi connectivity index (χ3n) is 3.41. The Morgan fingerprint density at radius 2 is 2.17 bits per heavy atom. The lowest BCUT2D eigenvalue weighted by Gasteiger charge is -2.16. The van der Waals surface area contributed by atoms with Gasteiger partial charge < -0.3 is 10.6 Å². The number of hydrogen-bond acceptors (Lipinski definition) is 3. The number of amides is 1. The molecule has 1 aromatic heterocycles. The standard InChI is InChI=1S/C12H14N4O2/c13-5-7-3-11(17)16(6-7)8-1-2-10-9(4-8)12(18)15-14-10/h1-2,4,7H,3,5-6,13H2,(H2,14,15,18). The molecule has 0 radical (unpaired) electrons. The van der Waals surface area contributed by atoms with Gasteiger partial charge in [0.1, 0.15) is 0 Å². The SMILES string of the molecule is NCC1CC(=O)N(c2ccc3[nH][nH]c(=O)c3c2)C1. The monoisotopic (exact) mass is 246 g/mol. The third kappa shape index (κ3) is 1.62. The second-order valence-electron chi connectivity index (χ2n) is 4.62. The molecule has 1 aliphatic heterocycles. The Bertz CT molecular complexity index is 657. The van der Waals surface area contributed by atoms with Crippen LogP contribution in [0.15, 0.2) is 23.0 Å². The molecule has 1 amide bonds. The number of benzene rings is 1. The van der Waals surface area contributed by atoms with Crippen molar-refractivity contribution in [3.63, 3.8) is 0 Å². The minimum Gasteiger partial charge on any atom is -0.330 e. The van der Waals surface area contributed by atoms with Crippen LogP contribution in [0.4, 0.5) is 5.69 Å². The van der Waals surface area contributed by atoms with Crippen LogP contribution in [-0.4, -0.2) is 29.2 Å². The van der Waals surface area contributed by atoms with Crippen molar-refractivity contribution in [1.82, 2.24) is 10.2 Å². The number of hydrogen-bond donors (Lipinski definition) is 3. The number of nitrogens with one attached hydrogen (secondary N) is 2. The second kappa shape index (κ2) is 3.99. The number of carbonyl (C=O) groups excluding carboxylic acids is 1. The van der Waals surface area contributed by atoms with E-state index in [1.807, 2.05) is 6.07 Å². The number of H-pyrrole nitrogens is 2. The van der Waals surface area contributed by atoms with E-state index in [1.165, 1.54) is 0 Å². The minimum atomic E-state index is -0.172. The summed E-state index contributed by atoms with van der Waals surface area (Å²) in [5, 5.41) is 5.86. The van der Waals surface area contributed by atoms with Gasteiger partial charge in [0.2, 0.25) is 5.91 Å². The maximum absolute atomic E-state index is 11.9. The van der Waals surface area contributed by atoms with Crippen molar-refractivity contribution >= 4 is 22.5 Å². The number of nitrogens with two attached hydrogens (primary N) is 1. The summed E-state index contributed by atoms with van der Waals surface area (Å²) in [6, 6.07) is 5.37. The molecule has 1 fully saturated rings. The van der Waals surface area contributed by atoms with Gasteiger partial charge in [0.15, 0.2) is 0 Å². The molecule has 2 aromatic rings. The van der Waals surface area contributed by atoms with Gasteiger partial charge in [0.25, 0.3) is 5.56 Å². The first-order chi connectivity index (χ1) is 8.69. The Balaban J connectivity index is 2.01. The van der Waals surface area contributed by atoms with E-state index in [9.17, 15) is 9.59 Å². The van der Waals surface area contributed by atoms with Crippen LogP contribution in [0.3, 0.4) is 0 Å². The second-order valence-corrected chi connectivity index (χ2v) is 4.62. The van der Waals surface area contributed by atoms with Gasteiger partial charge in [0, 0.05) is 18.7 Å². The predicted octanol–water partition coefficient (Wildman–Crippen LogP) is 0.168. The summed E-state index contributed by atoms with van der Waals surface area (Å²) < 4.78 is 0. The highest BCUT2D eigenvalue weighted by atomic mass is 16.2. The third-order valence-corrected chi connectivity index (χ3v) is 3.41. The van der Waals surface area contributed by atoms with Crippen LogP contribution in [0, 0.1) is 5.92 Å². The van der Waals surface area contributed by atoms with Gasteiger partial charge in [-0.2, -0.15) is 0 Å². The van der Waals surface area contributed by atoms with E-state index in [-0.39, 0.29) is 17.4 Å². The Morgan fingerprint density at radius 1 is 1.33 bits per heavy atom. The Labute approximate surface area is 103 Å². The molecule has 6 nitrogen and oxygen atoms in total. The number of nitrogens with zero attached hydrogens (tertiary/aromatic N) is 1. The Morgan fingerprint density at radius 3 is 2.89 bits per heavy atom. The highest BCUT2D eigenvalue weighted by Gasteiger charge is 2.29. The van der Waals surface area contributed by atoms with E-state index in [0.717, 1.165) is 11.2 Å². The number of carbonyl (C=O) groups is 1. The van der Waals surface area contributed by atoms with Crippen molar-refractivity contribution in [3.05, 3.63) is 28.6 Å². The molecule has 3 rings (SSSR count). The van der Waals surface area contributed by atoms with E-state index in [1.54, 1.807) is 17.0 Å². The van der Waals surface area contributed by atoms with Crippen molar-refractivity contribution < 1.29 is 4.79 Å². The van der Waals surface area contributed by atoms with E-state index in [2.05, 4.69) is 10.2 Å². The summed E-state index contributed by atoms with van der Waals surface area (Å²) >= 11 is 0. The first kappa shape index (κ1) is 11.0. The molecule has 1 aromatic carbocycles. The van der Waals surface area contributed by atoms with Gasteiger partial charge in [-0.15, -0.1) is 0 Å². The number of aromatic amines is 2. The smallest absolute Gasteiger partial charge is 0.271 e. The van der Waals surface area contributed by atoms with Gasteiger partial charge in [-0.3, -0.25) is 19.8 Å². The molecule has 1 saturated heterocycles. The summed E-state index contributed by atoms with van der Waals surface area (Å²) in [7, 11) is 0. The molecule has 2 heterocycles. The lowest BCUT2D eigenvalue weighted by Crippen LogP contribution is -2.25. The number of anilines is 1. The maximum Gasteiger partial charge on any atom is 0.271 e. The van der Waals surface area contributed by atoms with Crippen LogP contribution in [0.1, 0.15) is 6.42 Å². The van der Waals surface area contributed by atoms with Crippen LogP contribution in [-0.2, 0) is 4.79 Å². The minimum absolute atomic E-state index is 0.0664. The molecule has 1 unspecified atom stereocenters. The van der Waals surface area contributed by atoms with Crippen molar-refractivity contribution in [1.29, 1.82) is 0 Å². The molecule has 0 aliphatic carbocycles. The molecule has 94 valence electrons. The largest absolute Gasteiger partial charge is 0.330 e. The zero-order valence-corrected chi connectivity index (χ0v) is 9.77. The summed E-state index contributed by atoms with van der Waals surface area (Å²) in [5.41, 5.74) is 6.92.